The van der Waals surface area contributed by atoms with Gasteiger partial charge in [-0.15, -0.1) is 0 Å². The minimum absolute atomic E-state index is 0.538. The predicted molar refractivity (Wildman–Crippen MR) is 52.0 cm³/mol. The second-order valence-corrected chi connectivity index (χ2v) is 3.96. The number of carbonyl (C=O) groups is 1. The number of nitrogens with zero attached hydrogens (tertiary/aromatic N) is 1. The first kappa shape index (κ1) is 13.3. The van der Waals surface area contributed by atoms with Gasteiger partial charge in [0, 0.05) is 17.0 Å². The summed E-state index contributed by atoms with van der Waals surface area (Å²) >= 11 is -0.604. The van der Waals surface area contributed by atoms with Gasteiger partial charge in [-0.2, -0.15) is 13.2 Å². The molecule has 1 aromatic carbocycles. The summed E-state index contributed by atoms with van der Waals surface area (Å²) in [4.78, 5) is 19.5. The fraction of sp³-hybridized carbons (Fsp3) is 0.125. The number of rotatable bonds is 3. The van der Waals surface area contributed by atoms with E-state index in [1.54, 1.807) is 0 Å². The number of thioether (sulfide) groups is 1. The van der Waals surface area contributed by atoms with Crippen LogP contribution in [0, 0.1) is 10.1 Å². The van der Waals surface area contributed by atoms with Crippen LogP contribution in [0.2, 0.25) is 0 Å². The van der Waals surface area contributed by atoms with Crippen LogP contribution in [-0.4, -0.2) is 21.5 Å². The van der Waals surface area contributed by atoms with Gasteiger partial charge in [0.05, 0.1) is 10.5 Å². The number of carboxylic acids is 1. The van der Waals surface area contributed by atoms with E-state index in [2.05, 4.69) is 0 Å². The quantitative estimate of drug-likeness (QED) is 0.517. The predicted octanol–water partition coefficient (Wildman–Crippen LogP) is 2.90. The zero-order chi connectivity index (χ0) is 13.2. The molecule has 0 amide bonds. The molecule has 0 aromatic heterocycles. The number of hydrogen-bond donors (Lipinski definition) is 1. The summed E-state index contributed by atoms with van der Waals surface area (Å²) in [6.07, 6.45) is 0. The zero-order valence-corrected chi connectivity index (χ0v) is 8.71. The molecule has 9 heteroatoms. The lowest BCUT2D eigenvalue weighted by atomic mass is 10.2. The molecule has 5 nitrogen and oxygen atoms in total. The van der Waals surface area contributed by atoms with E-state index in [-0.39, 0.29) is 0 Å². The molecule has 1 rings (SSSR count). The van der Waals surface area contributed by atoms with E-state index < -0.39 is 44.3 Å². The summed E-state index contributed by atoms with van der Waals surface area (Å²) in [5.74, 6) is -1.53. The van der Waals surface area contributed by atoms with E-state index in [0.717, 1.165) is 6.07 Å². The van der Waals surface area contributed by atoms with Crippen LogP contribution in [0.1, 0.15) is 10.4 Å². The van der Waals surface area contributed by atoms with E-state index in [1.165, 1.54) is 0 Å². The molecule has 0 heterocycles. The Morgan fingerprint density at radius 1 is 1.35 bits per heavy atom. The summed E-state index contributed by atoms with van der Waals surface area (Å²) in [5, 5.41) is 19.0. The van der Waals surface area contributed by atoms with Crippen molar-refractivity contribution in [3.63, 3.8) is 0 Å². The number of non-ortho nitro benzene ring substituents is 1. The molecule has 0 spiro atoms. The highest BCUT2D eigenvalue weighted by molar-refractivity contribution is 8.00. The number of nitro groups is 1. The first-order valence-electron chi connectivity index (χ1n) is 3.97. The third-order valence-corrected chi connectivity index (χ3v) is 2.29. The molecular weight excluding hydrogens is 263 g/mol. The van der Waals surface area contributed by atoms with Crippen molar-refractivity contribution in [2.45, 2.75) is 10.4 Å². The monoisotopic (exact) mass is 267 g/mol. The molecule has 0 atom stereocenters. The largest absolute Gasteiger partial charge is 0.478 e. The van der Waals surface area contributed by atoms with E-state index in [0.29, 0.717) is 12.1 Å². The molecule has 0 unspecified atom stereocenters. The Balaban J connectivity index is 3.22. The van der Waals surface area contributed by atoms with Gasteiger partial charge < -0.3 is 5.11 Å². The lowest BCUT2D eigenvalue weighted by Crippen LogP contribution is -2.02. The average Bonchev–Trinajstić information content (AvgIpc) is 2.14. The van der Waals surface area contributed by atoms with Gasteiger partial charge >= 0.3 is 11.5 Å². The maximum Gasteiger partial charge on any atom is 0.446 e. The van der Waals surface area contributed by atoms with Crippen molar-refractivity contribution in [2.24, 2.45) is 0 Å². The van der Waals surface area contributed by atoms with Gasteiger partial charge in [-0.1, -0.05) is 0 Å². The summed E-state index contributed by atoms with van der Waals surface area (Å²) < 4.78 is 36.2. The fourth-order valence-corrected chi connectivity index (χ4v) is 1.64. The van der Waals surface area contributed by atoms with Crippen molar-refractivity contribution in [1.29, 1.82) is 0 Å². The molecular formula is C8H4F3NO4S. The summed E-state index contributed by atoms with van der Waals surface area (Å²) in [5.41, 5.74) is -5.90. The maximum absolute atomic E-state index is 12.1. The minimum Gasteiger partial charge on any atom is -0.478 e. The van der Waals surface area contributed by atoms with Crippen molar-refractivity contribution in [3.8, 4) is 0 Å². The second kappa shape index (κ2) is 4.62. The Morgan fingerprint density at radius 3 is 2.35 bits per heavy atom. The number of hydrogen-bond acceptors (Lipinski definition) is 4. The number of nitro benzene ring substituents is 1. The van der Waals surface area contributed by atoms with Gasteiger partial charge in [0.2, 0.25) is 0 Å². The van der Waals surface area contributed by atoms with Gasteiger partial charge in [0.15, 0.2) is 0 Å². The van der Waals surface area contributed by atoms with Gasteiger partial charge in [-0.3, -0.25) is 10.1 Å². The molecule has 17 heavy (non-hydrogen) atoms. The van der Waals surface area contributed by atoms with Crippen molar-refractivity contribution >= 4 is 23.4 Å². The summed E-state index contributed by atoms with van der Waals surface area (Å²) in [7, 11) is 0. The Labute approximate surface area is 96.4 Å². The molecule has 0 saturated carbocycles. The third kappa shape index (κ3) is 3.94. The van der Waals surface area contributed by atoms with Gasteiger partial charge in [0.1, 0.15) is 0 Å². The van der Waals surface area contributed by atoms with Crippen LogP contribution in [-0.2, 0) is 0 Å². The van der Waals surface area contributed by atoms with Crippen molar-refractivity contribution < 1.29 is 28.0 Å². The van der Waals surface area contributed by atoms with E-state index in [1.807, 2.05) is 0 Å². The van der Waals surface area contributed by atoms with E-state index in [9.17, 15) is 28.1 Å². The smallest absolute Gasteiger partial charge is 0.446 e. The normalized spacial score (nSPS) is 11.2. The standard InChI is InChI=1S/C8H4F3NO4S/c9-8(10,11)17-6-2-4(7(13)14)1-5(3-6)12(15)16/h1-3H,(H,13,14). The highest BCUT2D eigenvalue weighted by Crippen LogP contribution is 2.38. The van der Waals surface area contributed by atoms with Crippen LogP contribution < -0.4 is 0 Å². The molecule has 0 aliphatic carbocycles. The van der Waals surface area contributed by atoms with Crippen LogP contribution in [0.3, 0.4) is 0 Å². The third-order valence-electron chi connectivity index (χ3n) is 1.58. The fourth-order valence-electron chi connectivity index (χ4n) is 1.00. The Kier molecular flexibility index (Phi) is 3.61. The SMILES string of the molecule is O=C(O)c1cc(SC(F)(F)F)cc([N+](=O)[O-])c1. The molecule has 0 fully saturated rings. The molecule has 0 bridgehead atoms. The van der Waals surface area contributed by atoms with Crippen molar-refractivity contribution in [2.75, 3.05) is 0 Å². The number of carboxylic acid groups (broad SMARTS) is 1. The second-order valence-electron chi connectivity index (χ2n) is 2.83. The van der Waals surface area contributed by atoms with E-state index >= 15 is 0 Å². The van der Waals surface area contributed by atoms with Crippen LogP contribution in [0.5, 0.6) is 0 Å². The van der Waals surface area contributed by atoms with Crippen molar-refractivity contribution in [1.82, 2.24) is 0 Å². The molecule has 0 aliphatic heterocycles. The van der Waals surface area contributed by atoms with Crippen LogP contribution >= 0.6 is 11.8 Å². The zero-order valence-electron chi connectivity index (χ0n) is 7.89. The van der Waals surface area contributed by atoms with Crippen molar-refractivity contribution in [3.05, 3.63) is 33.9 Å². The molecule has 0 radical (unpaired) electrons. The number of aromatic carboxylic acids is 1. The molecule has 0 aliphatic rings. The Hall–Kier alpha value is -1.77. The number of alkyl halides is 3. The van der Waals surface area contributed by atoms with Crippen LogP contribution in [0.4, 0.5) is 18.9 Å². The Morgan fingerprint density at radius 2 is 1.94 bits per heavy atom. The topological polar surface area (TPSA) is 80.4 Å². The summed E-state index contributed by atoms with van der Waals surface area (Å²) in [6.45, 7) is 0. The molecule has 0 saturated heterocycles. The minimum atomic E-state index is -4.63. The number of benzene rings is 1. The number of halogens is 3. The van der Waals surface area contributed by atoms with Gasteiger partial charge in [-0.25, -0.2) is 4.79 Å². The highest BCUT2D eigenvalue weighted by atomic mass is 32.2. The first-order valence-corrected chi connectivity index (χ1v) is 4.79. The maximum atomic E-state index is 12.1. The van der Waals surface area contributed by atoms with E-state index in [4.69, 9.17) is 5.11 Å². The first-order chi connectivity index (χ1) is 7.69. The van der Waals surface area contributed by atoms with Gasteiger partial charge in [-0.05, 0) is 17.8 Å². The lowest BCUT2D eigenvalue weighted by molar-refractivity contribution is -0.385. The molecule has 1 N–H and O–H groups in total. The molecule has 1 aromatic rings. The average molecular weight is 267 g/mol. The molecule has 92 valence electrons. The summed E-state index contributed by atoms with van der Waals surface area (Å²) in [6, 6.07) is 2.10. The lowest BCUT2D eigenvalue weighted by Gasteiger charge is -2.06. The Bertz CT molecular complexity index is 442. The van der Waals surface area contributed by atoms with Crippen LogP contribution in [0.15, 0.2) is 23.1 Å². The van der Waals surface area contributed by atoms with Gasteiger partial charge in [0.25, 0.3) is 5.69 Å². The highest BCUT2D eigenvalue weighted by Gasteiger charge is 2.30. The van der Waals surface area contributed by atoms with Crippen LogP contribution in [0.25, 0.3) is 0 Å².